The van der Waals surface area contributed by atoms with E-state index >= 15 is 0 Å². The Hall–Kier alpha value is -0.920. The molecule has 0 spiro atoms. The van der Waals surface area contributed by atoms with Gasteiger partial charge in [0, 0.05) is 25.2 Å². The molecule has 7 heteroatoms. The number of hydrogen-bond donors (Lipinski definition) is 1. The first kappa shape index (κ1) is 15.5. The summed E-state index contributed by atoms with van der Waals surface area (Å²) in [4.78, 5) is 6.09. The van der Waals surface area contributed by atoms with Crippen LogP contribution in [0.3, 0.4) is 0 Å². The summed E-state index contributed by atoms with van der Waals surface area (Å²) < 4.78 is 24.6. The van der Waals surface area contributed by atoms with Gasteiger partial charge in [-0.3, -0.25) is 0 Å². The Labute approximate surface area is 120 Å². The van der Waals surface area contributed by atoms with Crippen LogP contribution in [0.15, 0.2) is 17.6 Å². The molecule has 2 rings (SSSR count). The zero-order chi connectivity index (χ0) is 14.8. The SMILES string of the molecule is CC1CCN(CC(O)Cn2ccnc2S(C)(=O)=O)CC1. The van der Waals surface area contributed by atoms with Crippen molar-refractivity contribution < 1.29 is 13.5 Å². The first-order valence-corrected chi connectivity index (χ1v) is 8.87. The number of sulfone groups is 1. The first-order valence-electron chi connectivity index (χ1n) is 6.98. The summed E-state index contributed by atoms with van der Waals surface area (Å²) in [6.45, 7) is 5.09. The minimum absolute atomic E-state index is 0.0174. The van der Waals surface area contributed by atoms with E-state index in [4.69, 9.17) is 0 Å². The molecule has 2 heterocycles. The first-order chi connectivity index (χ1) is 9.36. The van der Waals surface area contributed by atoms with Crippen LogP contribution in [0.5, 0.6) is 0 Å². The van der Waals surface area contributed by atoms with Crippen molar-refractivity contribution in [3.05, 3.63) is 12.4 Å². The largest absolute Gasteiger partial charge is 0.390 e. The average molecular weight is 301 g/mol. The Morgan fingerprint density at radius 1 is 1.40 bits per heavy atom. The predicted molar refractivity (Wildman–Crippen MR) is 76.2 cm³/mol. The fourth-order valence-electron chi connectivity index (χ4n) is 2.59. The number of piperidine rings is 1. The molecule has 6 nitrogen and oxygen atoms in total. The molecule has 0 saturated carbocycles. The second kappa shape index (κ2) is 6.24. The fraction of sp³-hybridized carbons (Fsp3) is 0.769. The zero-order valence-corrected chi connectivity index (χ0v) is 12.9. The van der Waals surface area contributed by atoms with Crippen molar-refractivity contribution in [3.8, 4) is 0 Å². The molecule has 1 unspecified atom stereocenters. The predicted octanol–water partition coefficient (Wildman–Crippen LogP) is 0.379. The third-order valence-corrected chi connectivity index (χ3v) is 4.76. The van der Waals surface area contributed by atoms with Gasteiger partial charge in [-0.05, 0) is 31.8 Å². The number of rotatable bonds is 5. The van der Waals surface area contributed by atoms with E-state index in [0.717, 1.165) is 38.1 Å². The normalized spacial score (nSPS) is 20.1. The Kier molecular flexibility index (Phi) is 4.82. The topological polar surface area (TPSA) is 75.4 Å². The van der Waals surface area contributed by atoms with Gasteiger partial charge in [0.15, 0.2) is 0 Å². The minimum atomic E-state index is -3.35. The number of aromatic nitrogens is 2. The van der Waals surface area contributed by atoms with Crippen molar-refractivity contribution in [2.45, 2.75) is 37.6 Å². The van der Waals surface area contributed by atoms with Gasteiger partial charge in [-0.1, -0.05) is 6.92 Å². The summed E-state index contributed by atoms with van der Waals surface area (Å²) in [7, 11) is -3.35. The van der Waals surface area contributed by atoms with Crippen LogP contribution in [0.2, 0.25) is 0 Å². The average Bonchev–Trinajstić information content (AvgIpc) is 2.80. The maximum atomic E-state index is 11.5. The number of aliphatic hydroxyl groups is 1. The lowest BCUT2D eigenvalue weighted by Crippen LogP contribution is -2.39. The van der Waals surface area contributed by atoms with E-state index in [1.54, 1.807) is 6.20 Å². The van der Waals surface area contributed by atoms with Gasteiger partial charge in [0.25, 0.3) is 0 Å². The Morgan fingerprint density at radius 2 is 2.05 bits per heavy atom. The summed E-state index contributed by atoms with van der Waals surface area (Å²) in [5.74, 6) is 0.758. The molecule has 1 aliphatic rings. The van der Waals surface area contributed by atoms with E-state index in [1.807, 2.05) is 0 Å². The molecular weight excluding hydrogens is 278 g/mol. The van der Waals surface area contributed by atoms with Crippen molar-refractivity contribution in [2.75, 3.05) is 25.9 Å². The Bertz CT molecular complexity index is 533. The smallest absolute Gasteiger partial charge is 0.227 e. The van der Waals surface area contributed by atoms with Gasteiger partial charge >= 0.3 is 0 Å². The van der Waals surface area contributed by atoms with Crippen molar-refractivity contribution in [3.63, 3.8) is 0 Å². The van der Waals surface area contributed by atoms with E-state index in [-0.39, 0.29) is 11.7 Å². The highest BCUT2D eigenvalue weighted by Crippen LogP contribution is 2.16. The van der Waals surface area contributed by atoms with Gasteiger partial charge in [0.05, 0.1) is 12.6 Å². The monoisotopic (exact) mass is 301 g/mol. The summed E-state index contributed by atoms with van der Waals surface area (Å²) in [5.41, 5.74) is 0. The number of aliphatic hydroxyl groups excluding tert-OH is 1. The van der Waals surface area contributed by atoms with Crippen LogP contribution in [-0.2, 0) is 16.4 Å². The summed E-state index contributed by atoms with van der Waals surface area (Å²) in [6.07, 6.45) is 5.91. The van der Waals surface area contributed by atoms with Crippen LogP contribution in [0.1, 0.15) is 19.8 Å². The van der Waals surface area contributed by atoms with Crippen molar-refractivity contribution in [2.24, 2.45) is 5.92 Å². The van der Waals surface area contributed by atoms with Gasteiger partial charge in [-0.15, -0.1) is 0 Å². The maximum absolute atomic E-state index is 11.5. The van der Waals surface area contributed by atoms with Gasteiger partial charge < -0.3 is 14.6 Å². The molecule has 0 radical (unpaired) electrons. The molecule has 20 heavy (non-hydrogen) atoms. The number of nitrogens with zero attached hydrogens (tertiary/aromatic N) is 3. The summed E-state index contributed by atoms with van der Waals surface area (Å²) >= 11 is 0. The lowest BCUT2D eigenvalue weighted by atomic mass is 9.99. The molecule has 0 aliphatic carbocycles. The van der Waals surface area contributed by atoms with Crippen LogP contribution in [-0.4, -0.2) is 60.0 Å². The highest BCUT2D eigenvalue weighted by Gasteiger charge is 2.20. The molecule has 1 fully saturated rings. The molecule has 0 bridgehead atoms. The lowest BCUT2D eigenvalue weighted by Gasteiger charge is -2.31. The van der Waals surface area contributed by atoms with Crippen molar-refractivity contribution in [1.82, 2.24) is 14.5 Å². The van der Waals surface area contributed by atoms with Crippen LogP contribution < -0.4 is 0 Å². The van der Waals surface area contributed by atoms with Gasteiger partial charge in [0.2, 0.25) is 15.0 Å². The maximum Gasteiger partial charge on any atom is 0.227 e. The van der Waals surface area contributed by atoms with Crippen LogP contribution in [0.25, 0.3) is 0 Å². The molecule has 1 N–H and O–H groups in total. The molecular formula is C13H23N3O3S. The summed E-state index contributed by atoms with van der Waals surface area (Å²) in [6, 6.07) is 0. The van der Waals surface area contributed by atoms with Gasteiger partial charge in [-0.25, -0.2) is 13.4 Å². The standard InChI is InChI=1S/C13H23N3O3S/c1-11-3-6-15(7-4-11)9-12(17)10-16-8-5-14-13(16)20(2,18)19/h5,8,11-12,17H,3-4,6-7,9-10H2,1-2H3. The fourth-order valence-corrected chi connectivity index (χ4v) is 3.40. The van der Waals surface area contributed by atoms with Gasteiger partial charge in [0.1, 0.15) is 0 Å². The number of β-amino-alcohol motifs (C(OH)–C–C–N with tert-alkyl or cyclic N) is 1. The molecule has 114 valence electrons. The van der Waals surface area contributed by atoms with Gasteiger partial charge in [-0.2, -0.15) is 0 Å². The van der Waals surface area contributed by atoms with Crippen LogP contribution >= 0.6 is 0 Å². The lowest BCUT2D eigenvalue weighted by molar-refractivity contribution is 0.0784. The number of likely N-dealkylation sites (tertiary alicyclic amines) is 1. The number of imidazole rings is 1. The van der Waals surface area contributed by atoms with Crippen LogP contribution in [0, 0.1) is 5.92 Å². The second-order valence-electron chi connectivity index (χ2n) is 5.77. The van der Waals surface area contributed by atoms with Crippen molar-refractivity contribution >= 4 is 9.84 Å². The Balaban J connectivity index is 1.92. The molecule has 1 aromatic heterocycles. The van der Waals surface area contributed by atoms with E-state index in [2.05, 4.69) is 16.8 Å². The zero-order valence-electron chi connectivity index (χ0n) is 12.1. The van der Waals surface area contributed by atoms with E-state index in [0.29, 0.717) is 6.54 Å². The van der Waals surface area contributed by atoms with E-state index in [9.17, 15) is 13.5 Å². The minimum Gasteiger partial charge on any atom is -0.390 e. The molecule has 0 amide bonds. The van der Waals surface area contributed by atoms with Crippen molar-refractivity contribution in [1.29, 1.82) is 0 Å². The highest BCUT2D eigenvalue weighted by molar-refractivity contribution is 7.90. The third kappa shape index (κ3) is 4.04. The van der Waals surface area contributed by atoms with E-state index < -0.39 is 15.9 Å². The van der Waals surface area contributed by atoms with E-state index in [1.165, 1.54) is 10.8 Å². The molecule has 1 saturated heterocycles. The molecule has 1 aliphatic heterocycles. The Morgan fingerprint density at radius 3 is 2.65 bits per heavy atom. The number of hydrogen-bond acceptors (Lipinski definition) is 5. The second-order valence-corrected chi connectivity index (χ2v) is 7.68. The van der Waals surface area contributed by atoms with Crippen LogP contribution in [0.4, 0.5) is 0 Å². The molecule has 1 atom stereocenters. The molecule has 1 aromatic rings. The highest BCUT2D eigenvalue weighted by atomic mass is 32.2. The summed E-state index contributed by atoms with van der Waals surface area (Å²) in [5, 5.41) is 10.2. The third-order valence-electron chi connectivity index (χ3n) is 3.76. The molecule has 0 aromatic carbocycles. The quantitative estimate of drug-likeness (QED) is 0.851.